The SMILES string of the molecule is C#CCCCSc1nc(C)cc(N)n1. The number of nitrogen functional groups attached to an aromatic ring is 1. The van der Waals surface area contributed by atoms with E-state index in [4.69, 9.17) is 12.2 Å². The molecule has 1 aromatic rings. The Morgan fingerprint density at radius 3 is 3.00 bits per heavy atom. The van der Waals surface area contributed by atoms with Crippen molar-refractivity contribution in [2.45, 2.75) is 24.9 Å². The van der Waals surface area contributed by atoms with Gasteiger partial charge in [0.2, 0.25) is 0 Å². The van der Waals surface area contributed by atoms with Crippen molar-refractivity contribution in [2.24, 2.45) is 0 Å². The first-order valence-corrected chi connectivity index (χ1v) is 5.38. The Morgan fingerprint density at radius 1 is 1.57 bits per heavy atom. The summed E-state index contributed by atoms with van der Waals surface area (Å²) in [7, 11) is 0. The average molecular weight is 207 g/mol. The lowest BCUT2D eigenvalue weighted by atomic mass is 10.4. The lowest BCUT2D eigenvalue weighted by Crippen LogP contribution is -1.96. The van der Waals surface area contributed by atoms with Gasteiger partial charge < -0.3 is 5.73 Å². The molecule has 0 aliphatic carbocycles. The first kappa shape index (κ1) is 10.9. The fourth-order valence-corrected chi connectivity index (χ4v) is 1.82. The number of terminal acetylenes is 1. The second-order valence-electron chi connectivity index (χ2n) is 2.87. The maximum Gasteiger partial charge on any atom is 0.189 e. The van der Waals surface area contributed by atoms with E-state index in [2.05, 4.69) is 15.9 Å². The monoisotopic (exact) mass is 207 g/mol. The molecule has 1 aromatic heterocycles. The van der Waals surface area contributed by atoms with Crippen LogP contribution in [0.2, 0.25) is 0 Å². The second kappa shape index (κ2) is 5.51. The molecule has 0 saturated heterocycles. The summed E-state index contributed by atoms with van der Waals surface area (Å²) in [6.07, 6.45) is 6.93. The fraction of sp³-hybridized carbons (Fsp3) is 0.400. The van der Waals surface area contributed by atoms with E-state index in [1.165, 1.54) is 0 Å². The third-order valence-electron chi connectivity index (χ3n) is 1.55. The highest BCUT2D eigenvalue weighted by atomic mass is 32.2. The highest BCUT2D eigenvalue weighted by Crippen LogP contribution is 2.16. The Kier molecular flexibility index (Phi) is 4.27. The van der Waals surface area contributed by atoms with E-state index in [0.717, 1.165) is 29.4 Å². The van der Waals surface area contributed by atoms with Crippen molar-refractivity contribution in [2.75, 3.05) is 11.5 Å². The summed E-state index contributed by atoms with van der Waals surface area (Å²) in [6.45, 7) is 1.91. The zero-order valence-corrected chi connectivity index (χ0v) is 8.97. The molecule has 74 valence electrons. The standard InChI is InChI=1S/C10H13N3S/c1-3-4-5-6-14-10-12-8(2)7-9(11)13-10/h1,7H,4-6H2,2H3,(H2,11,12,13). The van der Waals surface area contributed by atoms with Gasteiger partial charge in [0.25, 0.3) is 0 Å². The molecule has 14 heavy (non-hydrogen) atoms. The van der Waals surface area contributed by atoms with E-state index in [9.17, 15) is 0 Å². The number of nitrogens with two attached hydrogens (primary N) is 1. The number of thioether (sulfide) groups is 1. The summed E-state index contributed by atoms with van der Waals surface area (Å²) in [5.74, 6) is 4.06. The number of anilines is 1. The predicted octanol–water partition coefficient (Wildman–Crippen LogP) is 1.87. The molecule has 0 bridgehead atoms. The van der Waals surface area contributed by atoms with Crippen molar-refractivity contribution < 1.29 is 0 Å². The van der Waals surface area contributed by atoms with Crippen molar-refractivity contribution in [1.82, 2.24) is 9.97 Å². The summed E-state index contributed by atoms with van der Waals surface area (Å²) < 4.78 is 0. The topological polar surface area (TPSA) is 51.8 Å². The van der Waals surface area contributed by atoms with Crippen LogP contribution in [-0.4, -0.2) is 15.7 Å². The van der Waals surface area contributed by atoms with Crippen molar-refractivity contribution in [3.8, 4) is 12.3 Å². The molecule has 1 heterocycles. The quantitative estimate of drug-likeness (QED) is 0.354. The van der Waals surface area contributed by atoms with Gasteiger partial charge in [-0.3, -0.25) is 0 Å². The minimum absolute atomic E-state index is 0.525. The molecule has 0 aliphatic heterocycles. The fourth-order valence-electron chi connectivity index (χ4n) is 0.967. The van der Waals surface area contributed by atoms with Gasteiger partial charge in [-0.25, -0.2) is 9.97 Å². The highest BCUT2D eigenvalue weighted by Gasteiger charge is 1.99. The van der Waals surface area contributed by atoms with Crippen LogP contribution in [-0.2, 0) is 0 Å². The number of aromatic nitrogens is 2. The summed E-state index contributed by atoms with van der Waals surface area (Å²) in [5, 5.41) is 0.736. The van der Waals surface area contributed by atoms with Gasteiger partial charge >= 0.3 is 0 Å². The van der Waals surface area contributed by atoms with Crippen LogP contribution >= 0.6 is 11.8 Å². The molecule has 0 unspecified atom stereocenters. The number of hydrogen-bond donors (Lipinski definition) is 1. The largest absolute Gasteiger partial charge is 0.384 e. The Bertz CT molecular complexity index is 323. The molecule has 0 aliphatic rings. The summed E-state index contributed by atoms with van der Waals surface area (Å²) in [5.41, 5.74) is 6.49. The minimum Gasteiger partial charge on any atom is -0.384 e. The Morgan fingerprint density at radius 2 is 2.36 bits per heavy atom. The Balaban J connectivity index is 2.47. The van der Waals surface area contributed by atoms with Crippen LogP contribution in [0, 0.1) is 19.3 Å². The molecule has 0 amide bonds. The van der Waals surface area contributed by atoms with E-state index in [1.54, 1.807) is 17.8 Å². The molecule has 0 spiro atoms. The Labute approximate surface area is 88.5 Å². The molecule has 2 N–H and O–H groups in total. The molecule has 0 aromatic carbocycles. The van der Waals surface area contributed by atoms with Crippen LogP contribution in [0.3, 0.4) is 0 Å². The number of hydrogen-bond acceptors (Lipinski definition) is 4. The summed E-state index contributed by atoms with van der Waals surface area (Å²) in [6, 6.07) is 1.76. The highest BCUT2D eigenvalue weighted by molar-refractivity contribution is 7.99. The third kappa shape index (κ3) is 3.67. The third-order valence-corrected chi connectivity index (χ3v) is 2.48. The molecule has 0 fully saturated rings. The van der Waals surface area contributed by atoms with Gasteiger partial charge in [-0.2, -0.15) is 0 Å². The number of unbranched alkanes of at least 4 members (excludes halogenated alkanes) is 1. The molecule has 3 nitrogen and oxygen atoms in total. The van der Waals surface area contributed by atoms with Crippen LogP contribution < -0.4 is 5.73 Å². The van der Waals surface area contributed by atoms with Gasteiger partial charge in [0, 0.05) is 23.9 Å². The van der Waals surface area contributed by atoms with Gasteiger partial charge in [0.05, 0.1) is 0 Å². The smallest absolute Gasteiger partial charge is 0.189 e. The number of rotatable bonds is 4. The first-order chi connectivity index (χ1) is 6.72. The zero-order valence-electron chi connectivity index (χ0n) is 8.16. The normalized spacial score (nSPS) is 9.71. The average Bonchev–Trinajstić information content (AvgIpc) is 2.11. The summed E-state index contributed by atoms with van der Waals surface area (Å²) >= 11 is 1.59. The second-order valence-corrected chi connectivity index (χ2v) is 3.93. The lowest BCUT2D eigenvalue weighted by Gasteiger charge is -2.01. The van der Waals surface area contributed by atoms with Crippen LogP contribution in [0.15, 0.2) is 11.2 Å². The molecule has 1 rings (SSSR count). The minimum atomic E-state index is 0.525. The van der Waals surface area contributed by atoms with Crippen LogP contribution in [0.5, 0.6) is 0 Å². The molecule has 0 saturated carbocycles. The number of aryl methyl sites for hydroxylation is 1. The van der Waals surface area contributed by atoms with Gasteiger partial charge in [-0.15, -0.1) is 12.3 Å². The van der Waals surface area contributed by atoms with E-state index in [0.29, 0.717) is 5.82 Å². The molecular weight excluding hydrogens is 194 g/mol. The van der Waals surface area contributed by atoms with Gasteiger partial charge in [0.15, 0.2) is 5.16 Å². The Hall–Kier alpha value is -1.21. The van der Waals surface area contributed by atoms with Gasteiger partial charge in [-0.1, -0.05) is 11.8 Å². The maximum absolute atomic E-state index is 5.59. The molecule has 0 atom stereocenters. The van der Waals surface area contributed by atoms with E-state index < -0.39 is 0 Å². The summed E-state index contributed by atoms with van der Waals surface area (Å²) in [4.78, 5) is 8.36. The molecule has 0 radical (unpaired) electrons. The van der Waals surface area contributed by atoms with Crippen molar-refractivity contribution in [3.63, 3.8) is 0 Å². The van der Waals surface area contributed by atoms with Crippen LogP contribution in [0.1, 0.15) is 18.5 Å². The van der Waals surface area contributed by atoms with E-state index in [1.807, 2.05) is 6.92 Å². The van der Waals surface area contributed by atoms with Gasteiger partial charge in [0.1, 0.15) is 5.82 Å². The van der Waals surface area contributed by atoms with E-state index in [-0.39, 0.29) is 0 Å². The van der Waals surface area contributed by atoms with Crippen molar-refractivity contribution in [1.29, 1.82) is 0 Å². The zero-order chi connectivity index (χ0) is 10.4. The molecule has 4 heteroatoms. The molecular formula is C10H13N3S. The maximum atomic E-state index is 5.59. The van der Waals surface area contributed by atoms with Crippen molar-refractivity contribution >= 4 is 17.6 Å². The van der Waals surface area contributed by atoms with E-state index >= 15 is 0 Å². The van der Waals surface area contributed by atoms with Crippen LogP contribution in [0.25, 0.3) is 0 Å². The predicted molar refractivity (Wildman–Crippen MR) is 60.0 cm³/mol. The van der Waals surface area contributed by atoms with Crippen molar-refractivity contribution in [3.05, 3.63) is 11.8 Å². The number of nitrogens with zero attached hydrogens (tertiary/aromatic N) is 2. The van der Waals surface area contributed by atoms with Gasteiger partial charge in [-0.05, 0) is 13.3 Å². The lowest BCUT2D eigenvalue weighted by molar-refractivity contribution is 0.929. The first-order valence-electron chi connectivity index (χ1n) is 4.40. The van der Waals surface area contributed by atoms with Crippen LogP contribution in [0.4, 0.5) is 5.82 Å².